The minimum Gasteiger partial charge on any atom is -0.508 e. The molecule has 220 valence electrons. The molecule has 43 heavy (non-hydrogen) atoms. The number of anilines is 2. The summed E-state index contributed by atoms with van der Waals surface area (Å²) in [5.74, 6) is -3.28. The van der Waals surface area contributed by atoms with Gasteiger partial charge in [0.15, 0.2) is 0 Å². The number of para-hydroxylation sites is 1. The first-order valence-electron chi connectivity index (χ1n) is 12.7. The predicted molar refractivity (Wildman–Crippen MR) is 165 cm³/mol. The molecule has 0 spiro atoms. The van der Waals surface area contributed by atoms with Crippen molar-refractivity contribution in [3.63, 3.8) is 0 Å². The highest BCUT2D eigenvalue weighted by atomic mass is 79.9. The number of nitrogens with zero attached hydrogens (tertiary/aromatic N) is 2. The molecule has 3 aromatic carbocycles. The van der Waals surface area contributed by atoms with Gasteiger partial charge >= 0.3 is 4.87 Å². The topological polar surface area (TPSA) is 169 Å². The Hall–Kier alpha value is -3.76. The van der Waals surface area contributed by atoms with Gasteiger partial charge in [-0.3, -0.25) is 23.7 Å². The number of aromatic nitrogens is 1. The number of hydrogen-bond acceptors (Lipinski definition) is 9. The molecule has 0 bridgehead atoms. The second-order valence-corrected chi connectivity index (χ2v) is 14.4. The van der Waals surface area contributed by atoms with Gasteiger partial charge in [-0.05, 0) is 54.6 Å². The highest BCUT2D eigenvalue weighted by Crippen LogP contribution is 2.55. The lowest BCUT2D eigenvalue weighted by molar-refractivity contribution is -0.122. The number of primary sulfonamides is 1. The first-order chi connectivity index (χ1) is 20.4. The van der Waals surface area contributed by atoms with E-state index in [9.17, 15) is 32.7 Å². The molecular weight excluding hydrogens is 680 g/mol. The second-order valence-electron chi connectivity index (χ2n) is 9.83. The number of carbonyl (C=O) groups is 3. The molecule has 3 heterocycles. The lowest BCUT2D eigenvalue weighted by Gasteiger charge is -2.31. The van der Waals surface area contributed by atoms with Crippen LogP contribution in [0.5, 0.6) is 5.75 Å². The van der Waals surface area contributed by atoms with Gasteiger partial charge in [-0.15, -0.1) is 0 Å². The van der Waals surface area contributed by atoms with Crippen LogP contribution in [0.2, 0.25) is 0 Å². The lowest BCUT2D eigenvalue weighted by atomic mass is 9.82. The van der Waals surface area contributed by atoms with Gasteiger partial charge in [0.1, 0.15) is 17.5 Å². The molecule has 1 aromatic heterocycles. The summed E-state index contributed by atoms with van der Waals surface area (Å²) < 4.78 is 25.1. The van der Waals surface area contributed by atoms with E-state index in [1.807, 2.05) is 0 Å². The zero-order valence-electron chi connectivity index (χ0n) is 21.8. The molecule has 2 aliphatic heterocycles. The maximum Gasteiger partial charge on any atom is 0.308 e. The Balaban J connectivity index is 1.37. The zero-order valence-corrected chi connectivity index (χ0v) is 25.9. The summed E-state index contributed by atoms with van der Waals surface area (Å²) in [5.41, 5.74) is 1.08. The van der Waals surface area contributed by atoms with Crippen molar-refractivity contribution in [1.29, 1.82) is 0 Å². The molecule has 4 aromatic rings. The van der Waals surface area contributed by atoms with Crippen molar-refractivity contribution in [1.82, 2.24) is 4.57 Å². The van der Waals surface area contributed by atoms with Gasteiger partial charge in [-0.2, -0.15) is 0 Å². The van der Waals surface area contributed by atoms with Crippen LogP contribution in [0.4, 0.5) is 11.4 Å². The van der Waals surface area contributed by atoms with Crippen molar-refractivity contribution in [2.24, 2.45) is 11.1 Å². The molecular formula is C28H21BrN4O7S3. The summed E-state index contributed by atoms with van der Waals surface area (Å²) >= 11 is 5.28. The van der Waals surface area contributed by atoms with Crippen LogP contribution in [0.25, 0.3) is 0 Å². The molecule has 0 aliphatic carbocycles. The molecule has 2 aliphatic rings. The minimum absolute atomic E-state index is 0.0838. The van der Waals surface area contributed by atoms with E-state index in [-0.39, 0.29) is 16.3 Å². The number of thiazole rings is 1. The summed E-state index contributed by atoms with van der Waals surface area (Å²) in [6.45, 7) is -0.405. The number of rotatable bonds is 6. The summed E-state index contributed by atoms with van der Waals surface area (Å²) in [6, 6.07) is 18.5. The Morgan fingerprint density at radius 2 is 1.65 bits per heavy atom. The van der Waals surface area contributed by atoms with E-state index in [4.69, 9.17) is 5.14 Å². The number of nitrogens with two attached hydrogens (primary N) is 1. The summed E-state index contributed by atoms with van der Waals surface area (Å²) in [7, 11) is -3.91. The quantitative estimate of drug-likeness (QED) is 0.257. The van der Waals surface area contributed by atoms with Crippen molar-refractivity contribution in [3.8, 4) is 5.75 Å². The number of amides is 3. The number of imide groups is 1. The highest BCUT2D eigenvalue weighted by molar-refractivity contribution is 9.10. The first kappa shape index (κ1) is 29.3. The van der Waals surface area contributed by atoms with Crippen molar-refractivity contribution in [2.45, 2.75) is 27.6 Å². The number of aromatic hydroxyl groups is 1. The normalized spacial score (nSPS) is 19.7. The fraction of sp³-hybridized carbons (Fsp3) is 0.143. The number of hydrogen-bond donors (Lipinski definition) is 3. The Labute approximate surface area is 261 Å². The standard InChI is InChI=1S/C28H21BrN4O7S3/c29-14-5-9-16(10-6-14)33-25(36)22-21(18-3-1-2-4-19(18)34)24-27(41-23(22)26(33)37)32(28(38)42-24)13-20(35)31-15-7-11-17(12-8-15)43(30,39)40/h1-12,21-23,34H,13H2,(H,31,35)(H2,30,39,40). The molecule has 0 saturated carbocycles. The number of halogens is 1. The van der Waals surface area contributed by atoms with Gasteiger partial charge in [0, 0.05) is 26.5 Å². The number of benzene rings is 3. The summed E-state index contributed by atoms with van der Waals surface area (Å²) in [6.07, 6.45) is 0. The maximum atomic E-state index is 13.9. The number of phenolic OH excluding ortho intramolecular Hbond substituents is 1. The van der Waals surface area contributed by atoms with Gasteiger partial charge < -0.3 is 10.4 Å². The number of nitrogens with one attached hydrogen (secondary N) is 1. The van der Waals surface area contributed by atoms with E-state index < -0.39 is 56.2 Å². The smallest absolute Gasteiger partial charge is 0.308 e. The molecule has 3 amide bonds. The van der Waals surface area contributed by atoms with Gasteiger partial charge in [0.2, 0.25) is 27.7 Å². The Morgan fingerprint density at radius 3 is 2.30 bits per heavy atom. The Bertz CT molecular complexity index is 1960. The third kappa shape index (κ3) is 5.31. The average Bonchev–Trinajstić information content (AvgIpc) is 3.40. The largest absolute Gasteiger partial charge is 0.508 e. The third-order valence-electron chi connectivity index (χ3n) is 7.17. The number of thioether (sulfide) groups is 1. The maximum absolute atomic E-state index is 13.9. The monoisotopic (exact) mass is 700 g/mol. The van der Waals surface area contributed by atoms with Crippen LogP contribution in [0.1, 0.15) is 16.4 Å². The van der Waals surface area contributed by atoms with Crippen LogP contribution < -0.4 is 20.2 Å². The van der Waals surface area contributed by atoms with E-state index in [0.717, 1.165) is 32.5 Å². The molecule has 15 heteroatoms. The fourth-order valence-corrected chi connectivity index (χ4v) is 8.80. The van der Waals surface area contributed by atoms with Crippen LogP contribution in [0, 0.1) is 5.92 Å². The molecule has 3 unspecified atom stereocenters. The van der Waals surface area contributed by atoms with E-state index >= 15 is 0 Å². The summed E-state index contributed by atoms with van der Waals surface area (Å²) in [5, 5.41) is 18.0. The van der Waals surface area contributed by atoms with Gasteiger partial charge in [-0.1, -0.05) is 57.2 Å². The molecule has 4 N–H and O–H groups in total. The average molecular weight is 702 g/mol. The van der Waals surface area contributed by atoms with Gasteiger partial charge in [0.25, 0.3) is 0 Å². The highest BCUT2D eigenvalue weighted by Gasteiger charge is 2.57. The first-order valence-corrected chi connectivity index (χ1v) is 16.7. The molecule has 1 fully saturated rings. The van der Waals surface area contributed by atoms with Crippen molar-refractivity contribution in [3.05, 3.63) is 97.4 Å². The predicted octanol–water partition coefficient (Wildman–Crippen LogP) is 3.46. The number of phenols is 1. The molecule has 1 saturated heterocycles. The van der Waals surface area contributed by atoms with Gasteiger partial charge in [-0.25, -0.2) is 18.5 Å². The molecule has 3 atom stereocenters. The third-order valence-corrected chi connectivity index (χ3v) is 11.2. The Kier molecular flexibility index (Phi) is 7.54. The summed E-state index contributed by atoms with van der Waals surface area (Å²) in [4.78, 5) is 55.0. The second kappa shape index (κ2) is 11.1. The van der Waals surface area contributed by atoms with E-state index in [1.165, 1.54) is 34.9 Å². The molecule has 0 radical (unpaired) electrons. The van der Waals surface area contributed by atoms with Crippen LogP contribution in [-0.2, 0) is 31.0 Å². The van der Waals surface area contributed by atoms with Crippen LogP contribution in [0.3, 0.4) is 0 Å². The number of fused-ring (bicyclic) bond motifs is 2. The van der Waals surface area contributed by atoms with Gasteiger partial charge in [0.05, 0.1) is 21.5 Å². The zero-order chi connectivity index (χ0) is 30.6. The number of sulfonamides is 1. The fourth-order valence-electron chi connectivity index (χ4n) is 5.26. The Morgan fingerprint density at radius 1 is 0.977 bits per heavy atom. The molecule has 11 nitrogen and oxygen atoms in total. The van der Waals surface area contributed by atoms with Crippen molar-refractivity contribution < 1.29 is 27.9 Å². The number of carbonyl (C=O) groups excluding carboxylic acids is 3. The van der Waals surface area contributed by atoms with Crippen molar-refractivity contribution in [2.75, 3.05) is 10.2 Å². The van der Waals surface area contributed by atoms with E-state index in [0.29, 0.717) is 21.2 Å². The lowest BCUT2D eigenvalue weighted by Crippen LogP contribution is -2.33. The van der Waals surface area contributed by atoms with Crippen LogP contribution in [0.15, 0.2) is 92.0 Å². The van der Waals surface area contributed by atoms with E-state index in [2.05, 4.69) is 21.2 Å². The minimum atomic E-state index is -3.91. The molecule has 6 rings (SSSR count). The SMILES string of the molecule is NS(=O)(=O)c1ccc(NC(=O)Cn2c3c(sc2=O)C(c2ccccc2O)C2C(=O)N(c4ccc(Br)cc4)C(=O)C2S3)cc1. The van der Waals surface area contributed by atoms with Crippen LogP contribution >= 0.6 is 39.0 Å². The van der Waals surface area contributed by atoms with Crippen LogP contribution in [-0.4, -0.2) is 41.1 Å². The van der Waals surface area contributed by atoms with Crippen molar-refractivity contribution >= 4 is 78.1 Å². The van der Waals surface area contributed by atoms with E-state index in [1.54, 1.807) is 42.5 Å².